The van der Waals surface area contributed by atoms with E-state index < -0.39 is 0 Å². The number of nitrogens with zero attached hydrogens (tertiary/aromatic N) is 2. The van der Waals surface area contributed by atoms with Gasteiger partial charge in [0.2, 0.25) is 0 Å². The Hall–Kier alpha value is -2.82. The van der Waals surface area contributed by atoms with Crippen molar-refractivity contribution in [3.05, 3.63) is 65.2 Å². The Balaban J connectivity index is 1.70. The Morgan fingerprint density at radius 2 is 1.92 bits per heavy atom. The number of furan rings is 1. The minimum Gasteiger partial charge on any atom is -0.459 e. The molecule has 0 atom stereocenters. The fourth-order valence-electron chi connectivity index (χ4n) is 2.75. The lowest BCUT2D eigenvalue weighted by Gasteiger charge is -2.10. The van der Waals surface area contributed by atoms with Crippen molar-refractivity contribution < 1.29 is 4.42 Å². The fraction of sp³-hybridized carbons (Fsp3) is 0.300. The molecule has 0 bridgehead atoms. The van der Waals surface area contributed by atoms with Crippen LogP contribution in [0.2, 0.25) is 0 Å². The average Bonchev–Trinajstić information content (AvgIpc) is 2.94. The summed E-state index contributed by atoms with van der Waals surface area (Å²) < 4.78 is 5.95. The van der Waals surface area contributed by atoms with Crippen molar-refractivity contribution in [1.29, 1.82) is 0 Å². The Morgan fingerprint density at radius 3 is 2.68 bits per heavy atom. The summed E-state index contributed by atoms with van der Waals surface area (Å²) in [4.78, 5) is 9.10. The number of aliphatic imine (C=N–C) groups is 1. The van der Waals surface area contributed by atoms with Gasteiger partial charge < -0.3 is 15.1 Å². The van der Waals surface area contributed by atoms with Gasteiger partial charge in [0.05, 0.1) is 18.8 Å². The molecule has 25 heavy (non-hydrogen) atoms. The highest BCUT2D eigenvalue weighted by Crippen LogP contribution is 2.24. The van der Waals surface area contributed by atoms with Crippen molar-refractivity contribution >= 4 is 16.9 Å². The third-order valence-corrected chi connectivity index (χ3v) is 4.05. The Morgan fingerprint density at radius 1 is 1.08 bits per heavy atom. The van der Waals surface area contributed by atoms with Crippen LogP contribution in [0, 0.1) is 13.8 Å². The van der Waals surface area contributed by atoms with Gasteiger partial charge >= 0.3 is 0 Å². The summed E-state index contributed by atoms with van der Waals surface area (Å²) in [5.41, 5.74) is 4.04. The SMILES string of the molecule is CCNC(=NCc1cccc(C)n1)NCc1oc2ccccc2c1C. The molecule has 0 spiro atoms. The molecule has 2 heterocycles. The van der Waals surface area contributed by atoms with Crippen LogP contribution in [0.3, 0.4) is 0 Å². The van der Waals surface area contributed by atoms with Gasteiger partial charge in [0.25, 0.3) is 0 Å². The molecule has 0 fully saturated rings. The molecule has 5 nitrogen and oxygen atoms in total. The summed E-state index contributed by atoms with van der Waals surface area (Å²) in [6.45, 7) is 8.05. The number of hydrogen-bond acceptors (Lipinski definition) is 3. The average molecular weight is 336 g/mol. The smallest absolute Gasteiger partial charge is 0.192 e. The number of guanidine groups is 1. The van der Waals surface area contributed by atoms with E-state index in [0.717, 1.165) is 40.6 Å². The number of aryl methyl sites for hydroxylation is 2. The first-order valence-electron chi connectivity index (χ1n) is 8.59. The minimum atomic E-state index is 0.538. The first-order chi connectivity index (χ1) is 12.2. The quantitative estimate of drug-likeness (QED) is 0.551. The molecule has 1 aromatic carbocycles. The molecular formula is C20H24N4O. The molecule has 2 N–H and O–H groups in total. The van der Waals surface area contributed by atoms with Gasteiger partial charge in [0.15, 0.2) is 5.96 Å². The van der Waals surface area contributed by atoms with Crippen molar-refractivity contribution in [2.24, 2.45) is 4.99 Å². The molecule has 0 unspecified atom stereocenters. The molecule has 2 aromatic heterocycles. The number of pyridine rings is 1. The summed E-state index contributed by atoms with van der Waals surface area (Å²) in [5.74, 6) is 1.69. The van der Waals surface area contributed by atoms with E-state index in [2.05, 4.69) is 40.5 Å². The van der Waals surface area contributed by atoms with Crippen LogP contribution in [-0.2, 0) is 13.1 Å². The lowest BCUT2D eigenvalue weighted by molar-refractivity contribution is 0.534. The van der Waals surface area contributed by atoms with Gasteiger partial charge in [-0.3, -0.25) is 4.98 Å². The van der Waals surface area contributed by atoms with E-state index in [4.69, 9.17) is 4.42 Å². The van der Waals surface area contributed by atoms with Crippen molar-refractivity contribution in [1.82, 2.24) is 15.6 Å². The first-order valence-corrected chi connectivity index (χ1v) is 8.59. The highest BCUT2D eigenvalue weighted by Gasteiger charge is 2.10. The monoisotopic (exact) mass is 336 g/mol. The van der Waals surface area contributed by atoms with E-state index in [1.807, 2.05) is 43.3 Å². The normalized spacial score (nSPS) is 11.7. The molecule has 0 aliphatic rings. The van der Waals surface area contributed by atoms with Crippen LogP contribution in [0.4, 0.5) is 0 Å². The van der Waals surface area contributed by atoms with Crippen LogP contribution < -0.4 is 10.6 Å². The molecule has 0 saturated heterocycles. The van der Waals surface area contributed by atoms with E-state index in [1.54, 1.807) is 0 Å². The molecule has 3 rings (SSSR count). The lowest BCUT2D eigenvalue weighted by atomic mass is 10.1. The number of benzene rings is 1. The van der Waals surface area contributed by atoms with E-state index in [1.165, 1.54) is 5.56 Å². The van der Waals surface area contributed by atoms with Gasteiger partial charge in [-0.05, 0) is 39.0 Å². The number of hydrogen-bond donors (Lipinski definition) is 2. The zero-order chi connectivity index (χ0) is 17.6. The van der Waals surface area contributed by atoms with Gasteiger partial charge in [0.1, 0.15) is 11.3 Å². The van der Waals surface area contributed by atoms with Crippen LogP contribution >= 0.6 is 0 Å². The molecular weight excluding hydrogens is 312 g/mol. The third-order valence-electron chi connectivity index (χ3n) is 4.05. The van der Waals surface area contributed by atoms with Gasteiger partial charge in [-0.25, -0.2) is 4.99 Å². The molecule has 0 aliphatic carbocycles. The second kappa shape index (κ2) is 7.83. The van der Waals surface area contributed by atoms with E-state index in [0.29, 0.717) is 13.1 Å². The van der Waals surface area contributed by atoms with E-state index in [-0.39, 0.29) is 0 Å². The van der Waals surface area contributed by atoms with Crippen LogP contribution in [-0.4, -0.2) is 17.5 Å². The van der Waals surface area contributed by atoms with Crippen LogP contribution in [0.25, 0.3) is 11.0 Å². The number of para-hydroxylation sites is 1. The topological polar surface area (TPSA) is 62.5 Å². The summed E-state index contributed by atoms with van der Waals surface area (Å²) in [7, 11) is 0. The van der Waals surface area contributed by atoms with Crippen LogP contribution in [0.1, 0.15) is 29.6 Å². The predicted molar refractivity (Wildman–Crippen MR) is 102 cm³/mol. The Labute approximate surface area is 148 Å². The van der Waals surface area contributed by atoms with E-state index in [9.17, 15) is 0 Å². The van der Waals surface area contributed by atoms with Crippen molar-refractivity contribution in [3.63, 3.8) is 0 Å². The largest absolute Gasteiger partial charge is 0.459 e. The number of nitrogens with one attached hydrogen (secondary N) is 2. The van der Waals surface area contributed by atoms with Crippen molar-refractivity contribution in [3.8, 4) is 0 Å². The zero-order valence-electron chi connectivity index (χ0n) is 15.0. The van der Waals surface area contributed by atoms with Gasteiger partial charge in [-0.15, -0.1) is 0 Å². The maximum Gasteiger partial charge on any atom is 0.192 e. The number of aromatic nitrogens is 1. The number of rotatable bonds is 5. The summed E-state index contributed by atoms with van der Waals surface area (Å²) in [6.07, 6.45) is 0. The standard InChI is InChI=1S/C20H24N4O/c1-4-21-20(22-12-16-9-7-8-14(2)24-16)23-13-19-15(3)17-10-5-6-11-18(17)25-19/h5-11H,4,12-13H2,1-3H3,(H2,21,22,23). The zero-order valence-corrected chi connectivity index (χ0v) is 15.0. The maximum absolute atomic E-state index is 5.95. The Kier molecular flexibility index (Phi) is 5.33. The first kappa shape index (κ1) is 17.0. The molecule has 0 aliphatic heterocycles. The van der Waals surface area contributed by atoms with Gasteiger partial charge in [-0.2, -0.15) is 0 Å². The second-order valence-corrected chi connectivity index (χ2v) is 5.97. The highest BCUT2D eigenvalue weighted by atomic mass is 16.3. The summed E-state index contributed by atoms with van der Waals surface area (Å²) in [5, 5.41) is 7.76. The fourth-order valence-corrected chi connectivity index (χ4v) is 2.75. The Bertz CT molecular complexity index is 882. The molecule has 3 aromatic rings. The van der Waals surface area contributed by atoms with Crippen LogP contribution in [0.15, 0.2) is 51.9 Å². The molecule has 0 saturated carbocycles. The lowest BCUT2D eigenvalue weighted by Crippen LogP contribution is -2.36. The second-order valence-electron chi connectivity index (χ2n) is 5.97. The highest BCUT2D eigenvalue weighted by molar-refractivity contribution is 5.83. The molecule has 5 heteroatoms. The van der Waals surface area contributed by atoms with Crippen molar-refractivity contribution in [2.75, 3.05) is 6.54 Å². The molecule has 0 amide bonds. The van der Waals surface area contributed by atoms with Crippen molar-refractivity contribution in [2.45, 2.75) is 33.9 Å². The summed E-state index contributed by atoms with van der Waals surface area (Å²) >= 11 is 0. The van der Waals surface area contributed by atoms with Gasteiger partial charge in [-0.1, -0.05) is 24.3 Å². The third kappa shape index (κ3) is 4.18. The number of fused-ring (bicyclic) bond motifs is 1. The maximum atomic E-state index is 5.95. The minimum absolute atomic E-state index is 0.538. The molecule has 130 valence electrons. The van der Waals surface area contributed by atoms with E-state index >= 15 is 0 Å². The predicted octanol–water partition coefficient (Wildman–Crippen LogP) is 3.70. The van der Waals surface area contributed by atoms with Crippen LogP contribution in [0.5, 0.6) is 0 Å². The van der Waals surface area contributed by atoms with Gasteiger partial charge in [0, 0.05) is 23.2 Å². The summed E-state index contributed by atoms with van der Waals surface area (Å²) in [6, 6.07) is 14.1. The molecule has 0 radical (unpaired) electrons.